The molecule has 0 saturated carbocycles. The van der Waals surface area contributed by atoms with Gasteiger partial charge >= 0.3 is 5.97 Å². The molecule has 2 unspecified atom stereocenters. The zero-order valence-corrected chi connectivity index (χ0v) is 13.6. The molecule has 6 nitrogen and oxygen atoms in total. The highest BCUT2D eigenvalue weighted by Crippen LogP contribution is 2.15. The Morgan fingerprint density at radius 3 is 2.62 bits per heavy atom. The molecule has 0 radical (unpaired) electrons. The first-order valence-corrected chi connectivity index (χ1v) is 7.67. The molecule has 0 spiro atoms. The number of carbonyl (C=O) groups excluding carboxylic acids is 2. The molecular weight excluding hydrogens is 272 g/mol. The summed E-state index contributed by atoms with van der Waals surface area (Å²) in [6.45, 7) is 7.68. The van der Waals surface area contributed by atoms with Crippen LogP contribution >= 0.6 is 0 Å². The highest BCUT2D eigenvalue weighted by molar-refractivity contribution is 5.81. The van der Waals surface area contributed by atoms with Crippen LogP contribution in [0.5, 0.6) is 0 Å². The lowest BCUT2D eigenvalue weighted by atomic mass is 10.1. The molecule has 21 heavy (non-hydrogen) atoms. The quantitative estimate of drug-likeness (QED) is 0.676. The maximum atomic E-state index is 12.2. The maximum Gasteiger partial charge on any atom is 0.306 e. The summed E-state index contributed by atoms with van der Waals surface area (Å²) in [7, 11) is 1.38. The van der Waals surface area contributed by atoms with E-state index >= 15 is 0 Å². The third kappa shape index (κ3) is 6.44. The molecule has 1 N–H and O–H groups in total. The summed E-state index contributed by atoms with van der Waals surface area (Å²) in [4.78, 5) is 25.5. The van der Waals surface area contributed by atoms with Gasteiger partial charge in [-0.2, -0.15) is 0 Å². The fourth-order valence-electron chi connectivity index (χ4n) is 2.40. The summed E-state index contributed by atoms with van der Waals surface area (Å²) in [5, 5.41) is 2.91. The van der Waals surface area contributed by atoms with Crippen LogP contribution in [-0.2, 0) is 19.1 Å². The van der Waals surface area contributed by atoms with Crippen LogP contribution in [0.25, 0.3) is 0 Å². The molecule has 1 fully saturated rings. The van der Waals surface area contributed by atoms with E-state index in [1.54, 1.807) is 0 Å². The van der Waals surface area contributed by atoms with Crippen molar-refractivity contribution >= 4 is 11.9 Å². The van der Waals surface area contributed by atoms with Gasteiger partial charge in [0.2, 0.25) is 5.91 Å². The van der Waals surface area contributed by atoms with Crippen molar-refractivity contribution in [3.63, 3.8) is 0 Å². The zero-order valence-electron chi connectivity index (χ0n) is 13.6. The van der Waals surface area contributed by atoms with Crippen molar-refractivity contribution in [3.8, 4) is 0 Å². The van der Waals surface area contributed by atoms with Crippen LogP contribution in [0.2, 0.25) is 0 Å². The second-order valence-electron chi connectivity index (χ2n) is 5.80. The molecular formula is C15H28N2O4. The second-order valence-corrected chi connectivity index (χ2v) is 5.80. The second kappa shape index (κ2) is 9.00. The lowest BCUT2D eigenvalue weighted by molar-refractivity contribution is -0.141. The molecule has 0 bridgehead atoms. The number of amides is 1. The van der Waals surface area contributed by atoms with Gasteiger partial charge in [-0.3, -0.25) is 14.5 Å². The van der Waals surface area contributed by atoms with Crippen LogP contribution in [0, 0.1) is 0 Å². The van der Waals surface area contributed by atoms with Crippen molar-refractivity contribution in [1.82, 2.24) is 10.2 Å². The van der Waals surface area contributed by atoms with E-state index in [0.29, 0.717) is 13.1 Å². The van der Waals surface area contributed by atoms with Gasteiger partial charge in [0.15, 0.2) is 0 Å². The van der Waals surface area contributed by atoms with Gasteiger partial charge in [0.25, 0.3) is 0 Å². The Bertz CT molecular complexity index is 341. The van der Waals surface area contributed by atoms with Gasteiger partial charge in [-0.1, -0.05) is 0 Å². The molecule has 0 aliphatic carbocycles. The molecule has 1 aliphatic rings. The van der Waals surface area contributed by atoms with Crippen molar-refractivity contribution in [2.24, 2.45) is 0 Å². The van der Waals surface area contributed by atoms with Crippen LogP contribution in [0.1, 0.15) is 40.0 Å². The minimum absolute atomic E-state index is 0.0205. The average Bonchev–Trinajstić information content (AvgIpc) is 2.94. The Morgan fingerprint density at radius 1 is 1.38 bits per heavy atom. The Morgan fingerprint density at radius 2 is 2.10 bits per heavy atom. The van der Waals surface area contributed by atoms with Gasteiger partial charge in [0.05, 0.1) is 25.7 Å². The molecule has 1 amide bonds. The monoisotopic (exact) mass is 300 g/mol. The normalized spacial score (nSPS) is 19.8. The van der Waals surface area contributed by atoms with Gasteiger partial charge < -0.3 is 14.8 Å². The van der Waals surface area contributed by atoms with Crippen LogP contribution in [0.3, 0.4) is 0 Å². The average molecular weight is 300 g/mol. The number of ether oxygens (including phenoxy) is 2. The number of esters is 1. The van der Waals surface area contributed by atoms with Crippen molar-refractivity contribution in [1.29, 1.82) is 0 Å². The summed E-state index contributed by atoms with van der Waals surface area (Å²) in [6.07, 6.45) is 2.50. The molecule has 0 aromatic rings. The number of hydrogen-bond acceptors (Lipinski definition) is 5. The maximum absolute atomic E-state index is 12.2. The largest absolute Gasteiger partial charge is 0.469 e. The minimum atomic E-state index is -0.291. The number of nitrogens with zero attached hydrogens (tertiary/aromatic N) is 1. The Labute approximate surface area is 127 Å². The van der Waals surface area contributed by atoms with Gasteiger partial charge in [-0.05, 0) is 33.6 Å². The molecule has 1 heterocycles. The summed E-state index contributed by atoms with van der Waals surface area (Å²) in [5.41, 5.74) is 0. The van der Waals surface area contributed by atoms with Crippen molar-refractivity contribution in [2.45, 2.75) is 58.2 Å². The SMILES string of the molecule is COC(=O)CCN(CC1CCCO1)C(C)C(=O)NC(C)C. The number of nitrogens with one attached hydrogen (secondary N) is 1. The van der Waals surface area contributed by atoms with Crippen LogP contribution < -0.4 is 5.32 Å². The fraction of sp³-hybridized carbons (Fsp3) is 0.867. The first-order valence-electron chi connectivity index (χ1n) is 7.67. The van der Waals surface area contributed by atoms with E-state index in [-0.39, 0.29) is 36.5 Å². The molecule has 6 heteroatoms. The number of methoxy groups -OCH3 is 1. The third-order valence-electron chi connectivity index (χ3n) is 3.65. The first-order chi connectivity index (χ1) is 9.93. The number of hydrogen-bond donors (Lipinski definition) is 1. The van der Waals surface area contributed by atoms with Crippen molar-refractivity contribution in [3.05, 3.63) is 0 Å². The van der Waals surface area contributed by atoms with Crippen molar-refractivity contribution < 1.29 is 19.1 Å². The summed E-state index contributed by atoms with van der Waals surface area (Å²) >= 11 is 0. The molecule has 0 aromatic heterocycles. The molecule has 1 saturated heterocycles. The summed E-state index contributed by atoms with van der Waals surface area (Å²) < 4.78 is 10.3. The fourth-order valence-corrected chi connectivity index (χ4v) is 2.40. The van der Waals surface area contributed by atoms with E-state index < -0.39 is 0 Å². The standard InChI is InChI=1S/C15H28N2O4/c1-11(2)16-15(19)12(3)17(8-7-14(18)20-4)10-13-6-5-9-21-13/h11-13H,5-10H2,1-4H3,(H,16,19). The molecule has 1 aliphatic heterocycles. The molecule has 2 atom stereocenters. The Balaban J connectivity index is 2.59. The Hall–Kier alpha value is -1.14. The van der Waals surface area contributed by atoms with E-state index in [2.05, 4.69) is 10.1 Å². The smallest absolute Gasteiger partial charge is 0.306 e. The number of rotatable bonds is 8. The topological polar surface area (TPSA) is 67.9 Å². The first kappa shape index (κ1) is 17.9. The van der Waals surface area contributed by atoms with Crippen LogP contribution in [0.15, 0.2) is 0 Å². The molecule has 1 rings (SSSR count). The van der Waals surface area contributed by atoms with Gasteiger partial charge in [0, 0.05) is 25.7 Å². The zero-order chi connectivity index (χ0) is 15.8. The van der Waals surface area contributed by atoms with E-state index in [4.69, 9.17) is 4.74 Å². The minimum Gasteiger partial charge on any atom is -0.469 e. The molecule has 122 valence electrons. The Kier molecular flexibility index (Phi) is 7.67. The van der Waals surface area contributed by atoms with E-state index in [1.165, 1.54) is 7.11 Å². The summed E-state index contributed by atoms with van der Waals surface area (Å²) in [5.74, 6) is -0.281. The third-order valence-corrected chi connectivity index (χ3v) is 3.65. The lowest BCUT2D eigenvalue weighted by Gasteiger charge is -2.30. The van der Waals surface area contributed by atoms with Gasteiger partial charge in [0.1, 0.15) is 0 Å². The van der Waals surface area contributed by atoms with E-state index in [0.717, 1.165) is 19.4 Å². The predicted molar refractivity (Wildman–Crippen MR) is 79.9 cm³/mol. The number of carbonyl (C=O) groups is 2. The van der Waals surface area contributed by atoms with E-state index in [1.807, 2.05) is 25.7 Å². The highest BCUT2D eigenvalue weighted by atomic mass is 16.5. The van der Waals surface area contributed by atoms with Crippen molar-refractivity contribution in [2.75, 3.05) is 26.8 Å². The lowest BCUT2D eigenvalue weighted by Crippen LogP contribution is -2.49. The van der Waals surface area contributed by atoms with Crippen LogP contribution in [0.4, 0.5) is 0 Å². The van der Waals surface area contributed by atoms with Crippen LogP contribution in [-0.4, -0.2) is 61.8 Å². The van der Waals surface area contributed by atoms with E-state index in [9.17, 15) is 9.59 Å². The predicted octanol–water partition coefficient (Wildman–Crippen LogP) is 0.944. The highest BCUT2D eigenvalue weighted by Gasteiger charge is 2.27. The summed E-state index contributed by atoms with van der Waals surface area (Å²) in [6, 6.07) is -0.189. The van der Waals surface area contributed by atoms with Gasteiger partial charge in [-0.25, -0.2) is 0 Å². The molecule has 0 aromatic carbocycles. The van der Waals surface area contributed by atoms with Gasteiger partial charge in [-0.15, -0.1) is 0 Å².